The molecule has 190 valence electrons. The predicted molar refractivity (Wildman–Crippen MR) is 151 cm³/mol. The Labute approximate surface area is 240 Å². The molecule has 1 heterocycles. The molecule has 0 aliphatic carbocycles. The summed E-state index contributed by atoms with van der Waals surface area (Å²) in [5.74, 6) is 0. The topological polar surface area (TPSA) is 83.8 Å². The van der Waals surface area contributed by atoms with Crippen LogP contribution in [0.2, 0.25) is 0 Å². The zero-order valence-electron chi connectivity index (χ0n) is 20.7. The molecule has 0 fully saturated rings. The fourth-order valence-electron chi connectivity index (χ4n) is 4.60. The number of anilines is 2. The van der Waals surface area contributed by atoms with Crippen LogP contribution in [0.4, 0.5) is 11.4 Å². The summed E-state index contributed by atoms with van der Waals surface area (Å²) in [7, 11) is -0.683. The molecule has 0 unspecified atom stereocenters. The fraction of sp³-hybridized carbons (Fsp3) is 0.0312. The van der Waals surface area contributed by atoms with E-state index >= 15 is 0 Å². The normalized spacial score (nSPS) is 10.8. The largest absolute Gasteiger partial charge is 0.361 e. The molecule has 7 heteroatoms. The summed E-state index contributed by atoms with van der Waals surface area (Å²) in [6.45, 7) is 13.5. The van der Waals surface area contributed by atoms with Crippen molar-refractivity contribution in [2.45, 2.75) is 6.17 Å². The molecular formula is C32H23CrN2O3P. The Hall–Kier alpha value is -3.86. The van der Waals surface area contributed by atoms with Crippen molar-refractivity contribution in [3.8, 4) is 0 Å². The maximum Gasteiger partial charge on any atom is 0.124 e. The van der Waals surface area contributed by atoms with Crippen LogP contribution in [-0.2, 0) is 31.3 Å². The van der Waals surface area contributed by atoms with E-state index in [0.29, 0.717) is 0 Å². The van der Waals surface area contributed by atoms with Crippen LogP contribution < -0.4 is 26.5 Å². The molecule has 0 radical (unpaired) electrons. The van der Waals surface area contributed by atoms with Gasteiger partial charge >= 0.3 is 33.9 Å². The number of hydrogen-bond donors (Lipinski definition) is 2. The van der Waals surface area contributed by atoms with E-state index in [-0.39, 0.29) is 23.5 Å². The Bertz CT molecular complexity index is 1440. The van der Waals surface area contributed by atoms with Gasteiger partial charge in [0.1, 0.15) is 6.17 Å². The second kappa shape index (κ2) is 16.2. The summed E-state index contributed by atoms with van der Waals surface area (Å²) in [5.41, 5.74) is 3.65. The zero-order chi connectivity index (χ0) is 27.3. The van der Waals surface area contributed by atoms with Gasteiger partial charge in [-0.3, -0.25) is 0 Å². The van der Waals surface area contributed by atoms with E-state index < -0.39 is 7.92 Å². The molecule has 1 aliphatic heterocycles. The average molecular weight is 567 g/mol. The first-order valence-electron chi connectivity index (χ1n) is 11.5. The Morgan fingerprint density at radius 2 is 0.949 bits per heavy atom. The van der Waals surface area contributed by atoms with Crippen molar-refractivity contribution < 1.29 is 31.3 Å². The Morgan fingerprint density at radius 1 is 0.513 bits per heavy atom. The van der Waals surface area contributed by atoms with Gasteiger partial charge in [0.2, 0.25) is 0 Å². The fourth-order valence-corrected chi connectivity index (χ4v) is 7.09. The van der Waals surface area contributed by atoms with E-state index in [9.17, 15) is 0 Å². The quantitative estimate of drug-likeness (QED) is 0.159. The Kier molecular flexibility index (Phi) is 13.0. The van der Waals surface area contributed by atoms with Crippen molar-refractivity contribution in [3.05, 3.63) is 147 Å². The first-order chi connectivity index (χ1) is 18.9. The molecule has 2 N–H and O–H groups in total. The Balaban J connectivity index is 0.000000716. The van der Waals surface area contributed by atoms with E-state index in [1.165, 1.54) is 43.6 Å². The van der Waals surface area contributed by atoms with Crippen LogP contribution in [0.15, 0.2) is 121 Å². The molecule has 5 nitrogen and oxygen atoms in total. The van der Waals surface area contributed by atoms with Crippen LogP contribution in [-0.4, -0.2) is 0 Å². The van der Waals surface area contributed by atoms with E-state index in [4.69, 9.17) is 14.0 Å². The van der Waals surface area contributed by atoms with Gasteiger partial charge in [0, 0.05) is 39.7 Å². The maximum atomic E-state index is 7.50. The molecule has 0 amide bonds. The number of benzene rings is 5. The van der Waals surface area contributed by atoms with Gasteiger partial charge in [-0.15, -0.1) is 0 Å². The zero-order valence-corrected chi connectivity index (χ0v) is 22.9. The van der Waals surface area contributed by atoms with Gasteiger partial charge in [0.05, 0.1) is 0 Å². The predicted octanol–water partition coefficient (Wildman–Crippen LogP) is 6.02. The first kappa shape index (κ1) is 31.4. The van der Waals surface area contributed by atoms with Crippen LogP contribution in [0.25, 0.3) is 10.8 Å². The minimum Gasteiger partial charge on any atom is -0.361 e. The minimum atomic E-state index is -0.683. The van der Waals surface area contributed by atoms with Crippen LogP contribution in [0.5, 0.6) is 0 Å². The van der Waals surface area contributed by atoms with Crippen molar-refractivity contribution in [1.82, 2.24) is 0 Å². The summed E-state index contributed by atoms with van der Waals surface area (Å²) in [6, 6.07) is 43.6. The summed E-state index contributed by atoms with van der Waals surface area (Å²) >= 11 is 0. The second-order valence-corrected chi connectivity index (χ2v) is 10.2. The SMILES string of the molecule is [C-]#[O+].[C-]#[O+].[C-]#[O+].[Cr].c1ccc(P(c2ccccc2)c2ccccc2C2Nc3cccc4cccc(c34)N2)cc1. The van der Waals surface area contributed by atoms with E-state index in [1.807, 2.05) is 0 Å². The van der Waals surface area contributed by atoms with Crippen LogP contribution >= 0.6 is 7.92 Å². The molecule has 0 atom stereocenters. The third-order valence-electron chi connectivity index (χ3n) is 6.02. The smallest absolute Gasteiger partial charge is 0.124 e. The summed E-state index contributed by atoms with van der Waals surface area (Å²) in [6.07, 6.45) is 0.00382. The van der Waals surface area contributed by atoms with Crippen LogP contribution in [0.1, 0.15) is 11.7 Å². The van der Waals surface area contributed by atoms with E-state index in [2.05, 4.69) is 152 Å². The number of nitrogens with one attached hydrogen (secondary N) is 2. The van der Waals surface area contributed by atoms with Gasteiger partial charge in [0.25, 0.3) is 0 Å². The van der Waals surface area contributed by atoms with E-state index in [0.717, 1.165) is 0 Å². The van der Waals surface area contributed by atoms with Crippen LogP contribution in [0, 0.1) is 20.0 Å². The van der Waals surface area contributed by atoms with Gasteiger partial charge in [-0.05, 0) is 41.4 Å². The van der Waals surface area contributed by atoms with Gasteiger partial charge in [-0.2, -0.15) is 0 Å². The molecule has 5 aromatic rings. The molecule has 0 spiro atoms. The monoisotopic (exact) mass is 566 g/mol. The number of rotatable bonds is 4. The molecule has 0 aromatic heterocycles. The third kappa shape index (κ3) is 6.97. The summed E-state index contributed by atoms with van der Waals surface area (Å²) < 4.78 is 22.5. The van der Waals surface area contributed by atoms with Gasteiger partial charge in [-0.25, -0.2) is 0 Å². The molecule has 39 heavy (non-hydrogen) atoms. The van der Waals surface area contributed by atoms with E-state index in [1.54, 1.807) is 0 Å². The Morgan fingerprint density at radius 3 is 1.44 bits per heavy atom. The second-order valence-electron chi connectivity index (χ2n) is 8.00. The van der Waals surface area contributed by atoms with Gasteiger partial charge < -0.3 is 10.6 Å². The molecule has 6 rings (SSSR count). The van der Waals surface area contributed by atoms with Gasteiger partial charge in [-0.1, -0.05) is 109 Å². The molecule has 1 aliphatic rings. The standard InChI is InChI=1S/C29H23N2P.3CO.Cr/c1-3-13-22(14-4-1)32(23-15-5-2-6-16-23)27-20-8-7-17-24(27)29-30-25-18-9-11-21-12-10-19-26(31-29)28(21)25;3*1-2;/h1-20,29-31H;;;;. The molecule has 0 saturated heterocycles. The van der Waals surface area contributed by atoms with Crippen molar-refractivity contribution >= 4 is 46.0 Å². The average Bonchev–Trinajstić information content (AvgIpc) is 3.02. The van der Waals surface area contributed by atoms with Crippen molar-refractivity contribution in [3.63, 3.8) is 0 Å². The van der Waals surface area contributed by atoms with Crippen LogP contribution in [0.3, 0.4) is 0 Å². The maximum absolute atomic E-state index is 7.50. The summed E-state index contributed by atoms with van der Waals surface area (Å²) in [4.78, 5) is 0. The van der Waals surface area contributed by atoms with Crippen molar-refractivity contribution in [2.75, 3.05) is 10.6 Å². The number of hydrogen-bond acceptors (Lipinski definition) is 2. The molecular weight excluding hydrogens is 543 g/mol. The molecule has 5 aromatic carbocycles. The molecule has 0 bridgehead atoms. The first-order valence-corrected chi connectivity index (χ1v) is 12.9. The van der Waals surface area contributed by atoms with Gasteiger partial charge in [0.15, 0.2) is 0 Å². The van der Waals surface area contributed by atoms with Crippen molar-refractivity contribution in [2.24, 2.45) is 0 Å². The molecule has 0 saturated carbocycles. The minimum absolute atomic E-state index is 0. The summed E-state index contributed by atoms with van der Waals surface area (Å²) in [5, 5.41) is 14.2. The third-order valence-corrected chi connectivity index (χ3v) is 8.54. The van der Waals surface area contributed by atoms with Crippen molar-refractivity contribution in [1.29, 1.82) is 0 Å².